The van der Waals surface area contributed by atoms with E-state index in [1.165, 1.54) is 25.3 Å². The third-order valence-corrected chi connectivity index (χ3v) is 8.87. The number of rotatable bonds is 7. The van der Waals surface area contributed by atoms with Gasteiger partial charge in [0.05, 0.1) is 23.4 Å². The van der Waals surface area contributed by atoms with E-state index in [2.05, 4.69) is 20.1 Å². The zero-order valence-corrected chi connectivity index (χ0v) is 24.1. The summed E-state index contributed by atoms with van der Waals surface area (Å²) in [4.78, 5) is 23.4. The van der Waals surface area contributed by atoms with Crippen molar-refractivity contribution in [1.29, 1.82) is 0 Å². The largest absolute Gasteiger partial charge is 0.364 e. The van der Waals surface area contributed by atoms with Gasteiger partial charge in [-0.2, -0.15) is 0 Å². The van der Waals surface area contributed by atoms with Gasteiger partial charge in [0.25, 0.3) is 10.0 Å². The highest BCUT2D eigenvalue weighted by atomic mass is 32.2. The predicted molar refractivity (Wildman–Crippen MR) is 153 cm³/mol. The van der Waals surface area contributed by atoms with Crippen molar-refractivity contribution >= 4 is 49.4 Å². The Bertz CT molecular complexity index is 1760. The van der Waals surface area contributed by atoms with E-state index >= 15 is 4.39 Å². The first-order valence-corrected chi connectivity index (χ1v) is 14.6. The molecule has 8 nitrogen and oxygen atoms in total. The van der Waals surface area contributed by atoms with Crippen LogP contribution in [-0.2, 0) is 14.8 Å². The summed E-state index contributed by atoms with van der Waals surface area (Å²) in [6, 6.07) is 7.92. The predicted octanol–water partition coefficient (Wildman–Crippen LogP) is 6.58. The summed E-state index contributed by atoms with van der Waals surface area (Å²) in [5.74, 6) is -1.36. The van der Waals surface area contributed by atoms with Crippen LogP contribution in [0.3, 0.4) is 0 Å². The van der Waals surface area contributed by atoms with Crippen LogP contribution in [0.4, 0.5) is 20.3 Å². The lowest BCUT2D eigenvalue weighted by molar-refractivity contribution is -0.109. The Hall–Kier alpha value is -3.82. The second-order valence-corrected chi connectivity index (χ2v) is 13.4. The van der Waals surface area contributed by atoms with Gasteiger partial charge < -0.3 is 5.32 Å². The first kappa shape index (κ1) is 29.2. The number of benzene rings is 1. The number of hydrogen-bond acceptors (Lipinski definition) is 7. The number of thioether (sulfide) groups is 1. The van der Waals surface area contributed by atoms with Gasteiger partial charge in [0.1, 0.15) is 5.82 Å². The Morgan fingerprint density at radius 3 is 2.48 bits per heavy atom. The Morgan fingerprint density at radius 2 is 1.88 bits per heavy atom. The minimum absolute atomic E-state index is 0.0107. The molecule has 0 fully saturated rings. The van der Waals surface area contributed by atoms with Crippen LogP contribution < -0.4 is 5.32 Å². The van der Waals surface area contributed by atoms with Crippen LogP contribution in [-0.4, -0.2) is 39.3 Å². The molecule has 1 N–H and O–H groups in total. The summed E-state index contributed by atoms with van der Waals surface area (Å²) < 4.78 is 57.7. The normalized spacial score (nSPS) is 12.8. The van der Waals surface area contributed by atoms with Crippen LogP contribution in [0.15, 0.2) is 53.7 Å². The van der Waals surface area contributed by atoms with Crippen LogP contribution in [0, 0.1) is 30.5 Å². The van der Waals surface area contributed by atoms with Crippen LogP contribution in [0.5, 0.6) is 0 Å². The lowest BCUT2D eigenvalue weighted by Crippen LogP contribution is -2.37. The van der Waals surface area contributed by atoms with Crippen LogP contribution >= 0.6 is 11.8 Å². The topological polar surface area (TPSA) is 98.3 Å². The molecule has 0 aliphatic carbocycles. The summed E-state index contributed by atoms with van der Waals surface area (Å²) >= 11 is 1.09. The lowest BCUT2D eigenvalue weighted by Gasteiger charge is -2.31. The van der Waals surface area contributed by atoms with Crippen molar-refractivity contribution in [2.75, 3.05) is 11.1 Å². The Morgan fingerprint density at radius 1 is 1.20 bits per heavy atom. The van der Waals surface area contributed by atoms with E-state index in [9.17, 15) is 17.6 Å². The second kappa shape index (κ2) is 11.0. The molecule has 208 valence electrons. The fraction of sp³-hybridized carbons (Fsp3) is 0.286. The Kier molecular flexibility index (Phi) is 8.01. The molecule has 12 heteroatoms. The zero-order valence-electron chi connectivity index (χ0n) is 22.5. The molecule has 1 atom stereocenters. The molecule has 40 heavy (non-hydrogen) atoms. The number of fused-ring (bicyclic) bond motifs is 1. The maximum absolute atomic E-state index is 15.2. The third kappa shape index (κ3) is 5.85. The van der Waals surface area contributed by atoms with E-state index in [4.69, 9.17) is 6.57 Å². The number of carbonyl (C=O) groups excluding carboxylic acids is 1. The summed E-state index contributed by atoms with van der Waals surface area (Å²) in [5, 5.41) is 3.05. The van der Waals surface area contributed by atoms with E-state index in [0.717, 1.165) is 39.6 Å². The number of nitrogens with one attached hydrogen (secondary N) is 1. The number of aryl methyl sites for hydroxylation is 1. The number of nitrogens with zero attached hydrogens (tertiary/aromatic N) is 4. The molecule has 4 rings (SSSR count). The lowest BCUT2D eigenvalue weighted by atomic mass is 9.88. The number of hydrogen-bond donors (Lipinski definition) is 1. The molecule has 0 saturated carbocycles. The average molecular weight is 584 g/mol. The van der Waals surface area contributed by atoms with Crippen molar-refractivity contribution in [2.24, 2.45) is 5.41 Å². The SMILES string of the molecule is [C-]#[N+]c1cc(F)c(N[C@H](CSC(C)=O)C(C)(C)C)nc1-c1cn(S(=O)(=O)c2ccc(C)cc2)c2ncc(F)cc12. The molecule has 3 heterocycles. The monoisotopic (exact) mass is 583 g/mol. The zero-order chi connectivity index (χ0) is 29.4. The van der Waals surface area contributed by atoms with Crippen molar-refractivity contribution in [3.8, 4) is 11.3 Å². The molecule has 0 aliphatic heterocycles. The van der Waals surface area contributed by atoms with E-state index in [1.54, 1.807) is 12.1 Å². The van der Waals surface area contributed by atoms with E-state index < -0.39 is 33.1 Å². The fourth-order valence-corrected chi connectivity index (χ4v) is 6.30. The minimum atomic E-state index is -4.17. The van der Waals surface area contributed by atoms with E-state index in [-0.39, 0.29) is 43.8 Å². The van der Waals surface area contributed by atoms with Crippen molar-refractivity contribution in [3.63, 3.8) is 0 Å². The quantitative estimate of drug-likeness (QED) is 0.246. The highest BCUT2D eigenvalue weighted by molar-refractivity contribution is 8.13. The molecule has 0 bridgehead atoms. The van der Waals surface area contributed by atoms with Crippen molar-refractivity contribution < 1.29 is 22.0 Å². The van der Waals surface area contributed by atoms with Crippen LogP contribution in [0.2, 0.25) is 0 Å². The highest BCUT2D eigenvalue weighted by Crippen LogP contribution is 2.39. The van der Waals surface area contributed by atoms with Gasteiger partial charge in [-0.05, 0) is 36.6 Å². The molecule has 0 radical (unpaired) electrons. The van der Waals surface area contributed by atoms with Gasteiger partial charge in [0.2, 0.25) is 5.69 Å². The molecule has 0 spiro atoms. The van der Waals surface area contributed by atoms with Gasteiger partial charge in [-0.1, -0.05) is 50.2 Å². The average Bonchev–Trinajstić information content (AvgIpc) is 3.25. The summed E-state index contributed by atoms with van der Waals surface area (Å²) in [6.45, 7) is 16.7. The van der Waals surface area contributed by atoms with Gasteiger partial charge in [0.15, 0.2) is 22.4 Å². The summed E-state index contributed by atoms with van der Waals surface area (Å²) in [6.07, 6.45) is 2.12. The molecule has 0 saturated heterocycles. The molecular formula is C28H27F2N5O3S2. The molecule has 4 aromatic rings. The van der Waals surface area contributed by atoms with Crippen molar-refractivity contribution in [2.45, 2.75) is 45.6 Å². The van der Waals surface area contributed by atoms with Crippen LogP contribution in [0.25, 0.3) is 27.1 Å². The third-order valence-electron chi connectivity index (χ3n) is 6.30. The number of pyridine rings is 2. The van der Waals surface area contributed by atoms with Gasteiger partial charge in [0, 0.05) is 35.9 Å². The minimum Gasteiger partial charge on any atom is -0.364 e. The van der Waals surface area contributed by atoms with Gasteiger partial charge in [-0.25, -0.2) is 36.0 Å². The number of halogens is 2. The maximum atomic E-state index is 15.2. The van der Waals surface area contributed by atoms with E-state index in [1.807, 2.05) is 27.7 Å². The molecular weight excluding hydrogens is 556 g/mol. The molecule has 0 aliphatic rings. The van der Waals surface area contributed by atoms with E-state index in [0.29, 0.717) is 5.75 Å². The van der Waals surface area contributed by atoms with Crippen molar-refractivity contribution in [1.82, 2.24) is 13.9 Å². The molecule has 3 aromatic heterocycles. The second-order valence-electron chi connectivity index (χ2n) is 10.3. The van der Waals surface area contributed by atoms with Crippen LogP contribution in [0.1, 0.15) is 33.3 Å². The summed E-state index contributed by atoms with van der Waals surface area (Å²) in [5.41, 5.74) is 0.256. The number of aromatic nitrogens is 3. The highest BCUT2D eigenvalue weighted by Gasteiger charge is 2.29. The van der Waals surface area contributed by atoms with Gasteiger partial charge in [-0.3, -0.25) is 4.79 Å². The first-order valence-electron chi connectivity index (χ1n) is 12.2. The molecule has 0 amide bonds. The smallest absolute Gasteiger partial charge is 0.269 e. The fourth-order valence-electron chi connectivity index (χ4n) is 3.99. The molecule has 1 aromatic carbocycles. The Balaban J connectivity index is 1.92. The van der Waals surface area contributed by atoms with Crippen molar-refractivity contribution in [3.05, 3.63) is 77.4 Å². The summed E-state index contributed by atoms with van der Waals surface area (Å²) in [7, 11) is -4.17. The number of carbonyl (C=O) groups is 1. The first-order chi connectivity index (χ1) is 18.7. The molecule has 0 unspecified atom stereocenters. The Labute approximate surface area is 235 Å². The number of anilines is 1. The standard InChI is InChI=1S/C28H27F2N5O3S2/c1-16-7-9-19(10-8-16)40(37,38)35-14-21(20-11-18(29)13-32-27(20)35)25-23(31-6)12-22(30)26(34-25)33-24(28(3,4)5)15-39-17(2)36/h7-14,24H,15H2,1-5H3,(H,33,34)/t24-/m1/s1. The maximum Gasteiger partial charge on any atom is 0.269 e. The van der Waals surface area contributed by atoms with Gasteiger partial charge >= 0.3 is 0 Å². The van der Waals surface area contributed by atoms with Gasteiger partial charge in [-0.15, -0.1) is 0 Å².